The van der Waals surface area contributed by atoms with Crippen molar-refractivity contribution < 1.29 is 4.79 Å². The Hall–Kier alpha value is -3.45. The van der Waals surface area contributed by atoms with Gasteiger partial charge < -0.3 is 27.6 Å². The average Bonchev–Trinajstić information content (AvgIpc) is 3.20. The Morgan fingerprint density at radius 2 is 1.97 bits per heavy atom. The van der Waals surface area contributed by atoms with Gasteiger partial charge in [-0.15, -0.1) is 10.2 Å². The fraction of sp³-hybridized carbons (Fsp3) is 0.474. The number of nitrogens with two attached hydrogens (primary N) is 2. The van der Waals surface area contributed by atoms with E-state index >= 15 is 0 Å². The van der Waals surface area contributed by atoms with Crippen LogP contribution >= 0.6 is 11.6 Å². The van der Waals surface area contributed by atoms with Crippen LogP contribution in [0, 0.1) is 0 Å². The molecule has 3 aliphatic heterocycles. The summed E-state index contributed by atoms with van der Waals surface area (Å²) in [5.41, 5.74) is 1.15. The molecule has 1 fully saturated rings. The third kappa shape index (κ3) is 5.31. The van der Waals surface area contributed by atoms with Gasteiger partial charge in [-0.1, -0.05) is 52.4 Å². The number of hydrogen-bond acceptors (Lipinski definition) is 10. The molecule has 0 aromatic heterocycles. The monoisotopic (exact) mass is 474 g/mol. The topological polar surface area (TPSA) is 182 Å². The molecule has 4 rings (SSSR count). The van der Waals surface area contributed by atoms with Crippen molar-refractivity contribution in [3.8, 4) is 0 Å². The van der Waals surface area contributed by atoms with Gasteiger partial charge in [0, 0.05) is 19.6 Å². The number of rotatable bonds is 5. The van der Waals surface area contributed by atoms with Gasteiger partial charge in [0.1, 0.15) is 11.2 Å². The number of amides is 1. The van der Waals surface area contributed by atoms with Crippen LogP contribution in [0.4, 0.5) is 0 Å². The molecule has 33 heavy (non-hydrogen) atoms. The van der Waals surface area contributed by atoms with Crippen LogP contribution in [0.3, 0.4) is 0 Å². The number of guanidine groups is 1. The van der Waals surface area contributed by atoms with Gasteiger partial charge in [-0.3, -0.25) is 20.0 Å². The number of halogens is 1. The first-order valence-electron chi connectivity index (χ1n) is 10.6. The number of aliphatic imine (C=N–C) groups is 1. The van der Waals surface area contributed by atoms with E-state index in [-0.39, 0.29) is 16.5 Å². The summed E-state index contributed by atoms with van der Waals surface area (Å²) in [5, 5.41) is 25.9. The maximum absolute atomic E-state index is 12.9. The van der Waals surface area contributed by atoms with Crippen molar-refractivity contribution in [2.24, 2.45) is 37.4 Å². The van der Waals surface area contributed by atoms with Crippen molar-refractivity contribution in [3.63, 3.8) is 0 Å². The molecule has 176 valence electrons. The fourth-order valence-electron chi connectivity index (χ4n) is 4.17. The van der Waals surface area contributed by atoms with E-state index < -0.39 is 18.1 Å². The molecule has 3 aliphatic rings. The Labute approximate surface area is 195 Å². The standard InChI is InChI=1S/C19H27ClN12O/c20-14-16(29-31-22)25-15(28-30-21)13(24-14)17(33)26-18-23-11-19(27-18)6-8-32(9-7-19)10-12-4-2-1-3-5-12/h1-5,13,15,24-25H,6-11H2,(H2,21,28)(H2,22,29)(H2,23,26,27,33). The van der Waals surface area contributed by atoms with Crippen LogP contribution in [0.25, 0.3) is 0 Å². The quantitative estimate of drug-likeness (QED) is 0.150. The zero-order valence-electron chi connectivity index (χ0n) is 17.9. The molecule has 2 atom stereocenters. The van der Waals surface area contributed by atoms with Crippen molar-refractivity contribution in [2.75, 3.05) is 19.6 Å². The maximum atomic E-state index is 12.9. The van der Waals surface area contributed by atoms with Crippen LogP contribution < -0.4 is 33.0 Å². The van der Waals surface area contributed by atoms with Gasteiger partial charge in [-0.2, -0.15) is 0 Å². The Kier molecular flexibility index (Phi) is 6.89. The van der Waals surface area contributed by atoms with E-state index in [0.29, 0.717) is 12.5 Å². The van der Waals surface area contributed by atoms with Gasteiger partial charge in [0.05, 0.1) is 12.1 Å². The molecule has 3 heterocycles. The molecule has 2 unspecified atom stereocenters. The fourth-order valence-corrected chi connectivity index (χ4v) is 4.38. The van der Waals surface area contributed by atoms with Crippen molar-refractivity contribution in [1.82, 2.24) is 26.2 Å². The first-order chi connectivity index (χ1) is 16.0. The smallest absolute Gasteiger partial charge is 0.253 e. The van der Waals surface area contributed by atoms with Crippen LogP contribution in [0.5, 0.6) is 0 Å². The van der Waals surface area contributed by atoms with E-state index in [1.165, 1.54) is 5.56 Å². The number of nitrogens with zero attached hydrogens (tertiary/aromatic N) is 6. The predicted molar refractivity (Wildman–Crippen MR) is 122 cm³/mol. The van der Waals surface area contributed by atoms with Crippen molar-refractivity contribution >= 4 is 23.5 Å². The lowest BCUT2D eigenvalue weighted by Crippen LogP contribution is -2.61. The number of carbonyl (C=O) groups is 1. The number of piperidine rings is 1. The molecule has 1 aromatic carbocycles. The number of nitrogens with one attached hydrogen (secondary N) is 4. The van der Waals surface area contributed by atoms with Gasteiger partial charge in [0.25, 0.3) is 5.91 Å². The largest absolute Gasteiger partial charge is 0.358 e. The second kappa shape index (κ2) is 10.0. The van der Waals surface area contributed by atoms with E-state index in [9.17, 15) is 4.79 Å². The minimum absolute atomic E-state index is 0.0661. The van der Waals surface area contributed by atoms with Crippen molar-refractivity contribution in [3.05, 3.63) is 46.9 Å². The molecule has 1 amide bonds. The molecular weight excluding hydrogens is 448 g/mol. The predicted octanol–water partition coefficient (Wildman–Crippen LogP) is 0.00130. The first kappa shape index (κ1) is 22.7. The van der Waals surface area contributed by atoms with Crippen LogP contribution in [-0.4, -0.2) is 54.1 Å². The highest BCUT2D eigenvalue weighted by Gasteiger charge is 2.41. The number of benzene rings is 1. The van der Waals surface area contributed by atoms with Crippen LogP contribution in [0.1, 0.15) is 18.4 Å². The van der Waals surface area contributed by atoms with Gasteiger partial charge in [0.15, 0.2) is 17.9 Å². The Morgan fingerprint density at radius 3 is 2.67 bits per heavy atom. The molecule has 0 aliphatic carbocycles. The van der Waals surface area contributed by atoms with E-state index in [2.05, 4.69) is 76.1 Å². The molecule has 0 radical (unpaired) electrons. The zero-order valence-corrected chi connectivity index (χ0v) is 18.7. The second-order valence-electron chi connectivity index (χ2n) is 8.14. The molecule has 1 saturated heterocycles. The van der Waals surface area contributed by atoms with Gasteiger partial charge in [-0.05, 0) is 18.4 Å². The average molecular weight is 475 g/mol. The lowest BCUT2D eigenvalue weighted by atomic mass is 9.88. The van der Waals surface area contributed by atoms with Crippen molar-refractivity contribution in [2.45, 2.75) is 37.1 Å². The zero-order chi connectivity index (χ0) is 23.3. The minimum Gasteiger partial charge on any atom is -0.358 e. The molecular formula is C19H27ClN12O. The Balaban J connectivity index is 1.32. The van der Waals surface area contributed by atoms with Gasteiger partial charge in [0.2, 0.25) is 0 Å². The van der Waals surface area contributed by atoms with Crippen LogP contribution in [0.15, 0.2) is 67.0 Å². The molecule has 1 aromatic rings. The SMILES string of the molecule is NN=NC1=C(Cl)NC(C(=O)NC2=NCC3(CCN(Cc4ccccc4)CC3)N2)C(N=NN)N1. The van der Waals surface area contributed by atoms with Crippen LogP contribution in [0.2, 0.25) is 0 Å². The normalized spacial score (nSPS) is 25.1. The lowest BCUT2D eigenvalue weighted by molar-refractivity contribution is -0.122. The van der Waals surface area contributed by atoms with E-state index in [0.717, 1.165) is 32.5 Å². The Bertz CT molecular complexity index is 970. The van der Waals surface area contributed by atoms with E-state index in [1.807, 2.05) is 6.07 Å². The highest BCUT2D eigenvalue weighted by atomic mass is 35.5. The number of likely N-dealkylation sites (tertiary alicyclic amines) is 1. The molecule has 0 saturated carbocycles. The van der Waals surface area contributed by atoms with E-state index in [4.69, 9.17) is 23.3 Å². The summed E-state index contributed by atoms with van der Waals surface area (Å²) in [4.78, 5) is 19.9. The molecule has 8 N–H and O–H groups in total. The maximum Gasteiger partial charge on any atom is 0.253 e. The first-order valence-corrected chi connectivity index (χ1v) is 10.9. The van der Waals surface area contributed by atoms with Gasteiger partial charge in [-0.25, -0.2) is 0 Å². The van der Waals surface area contributed by atoms with Crippen molar-refractivity contribution in [1.29, 1.82) is 0 Å². The minimum atomic E-state index is -0.907. The summed E-state index contributed by atoms with van der Waals surface area (Å²) in [6.07, 6.45) is 0.992. The third-order valence-electron chi connectivity index (χ3n) is 5.95. The summed E-state index contributed by atoms with van der Waals surface area (Å²) >= 11 is 6.13. The highest BCUT2D eigenvalue weighted by molar-refractivity contribution is 6.29. The molecule has 0 bridgehead atoms. The molecule has 13 nitrogen and oxygen atoms in total. The van der Waals surface area contributed by atoms with E-state index in [1.54, 1.807) is 0 Å². The number of hydrogen-bond donors (Lipinski definition) is 6. The van der Waals surface area contributed by atoms with Crippen LogP contribution in [-0.2, 0) is 11.3 Å². The second-order valence-corrected chi connectivity index (χ2v) is 8.52. The summed E-state index contributed by atoms with van der Waals surface area (Å²) in [6, 6.07) is 9.52. The third-order valence-corrected chi connectivity index (χ3v) is 6.24. The Morgan fingerprint density at radius 1 is 1.21 bits per heavy atom. The number of carbonyl (C=O) groups excluding carboxylic acids is 1. The lowest BCUT2D eigenvalue weighted by Gasteiger charge is -2.39. The summed E-state index contributed by atoms with van der Waals surface area (Å²) in [6.45, 7) is 3.43. The molecule has 14 heteroatoms. The molecule has 1 spiro atoms. The summed E-state index contributed by atoms with van der Waals surface area (Å²) in [7, 11) is 0. The highest BCUT2D eigenvalue weighted by Crippen LogP contribution is 2.26. The van der Waals surface area contributed by atoms with Gasteiger partial charge >= 0.3 is 0 Å². The summed E-state index contributed by atoms with van der Waals surface area (Å²) < 4.78 is 0. The summed E-state index contributed by atoms with van der Waals surface area (Å²) in [5.74, 6) is 10.4.